The Morgan fingerprint density at radius 1 is 0.600 bits per heavy atom. The molecule has 0 aromatic carbocycles. The summed E-state index contributed by atoms with van der Waals surface area (Å²) in [6.07, 6.45) is 0. The van der Waals surface area contributed by atoms with Crippen molar-refractivity contribution >= 4 is 23.1 Å². The van der Waals surface area contributed by atoms with Gasteiger partial charge >= 0.3 is 23.1 Å². The molecule has 0 amide bonds. The van der Waals surface area contributed by atoms with E-state index >= 15 is 0 Å². The van der Waals surface area contributed by atoms with Crippen LogP contribution in [0.15, 0.2) is 0 Å². The molecule has 3 nitrogen and oxygen atoms in total. The van der Waals surface area contributed by atoms with E-state index in [4.69, 9.17) is 0 Å². The van der Waals surface area contributed by atoms with E-state index in [1.807, 2.05) is 0 Å². The Hall–Kier alpha value is 1.53. The summed E-state index contributed by atoms with van der Waals surface area (Å²) in [4.78, 5) is 0. The number of hydrogen-bond acceptors (Lipinski definition) is 0. The normalized spacial score (nSPS) is 0. The van der Waals surface area contributed by atoms with Gasteiger partial charge in [0.25, 0.3) is 0 Å². The molecule has 0 fully saturated rings. The molecule has 0 saturated carbocycles. The van der Waals surface area contributed by atoms with E-state index in [9.17, 15) is 0 Å². The third kappa shape index (κ3) is 29.4. The van der Waals surface area contributed by atoms with Crippen molar-refractivity contribution in [3.63, 3.8) is 0 Å². The number of hydrogen-bond donors (Lipinski definition) is 0. The van der Waals surface area contributed by atoms with Gasteiger partial charge in [-0.1, -0.05) is 0 Å². The molecule has 0 aromatic heterocycles. The van der Waals surface area contributed by atoms with E-state index in [-0.39, 0.29) is 65.7 Å². The fraction of sp³-hybridized carbons (Fsp3) is 0. The second kappa shape index (κ2) is 48.5. The van der Waals surface area contributed by atoms with Crippen molar-refractivity contribution in [3.05, 3.63) is 0 Å². The van der Waals surface area contributed by atoms with Crippen molar-refractivity contribution in [2.45, 2.75) is 0 Å². The van der Waals surface area contributed by atoms with Gasteiger partial charge in [0.05, 0.1) is 0 Å². The summed E-state index contributed by atoms with van der Waals surface area (Å²) in [6, 6.07) is 0. The van der Waals surface area contributed by atoms with Crippen LogP contribution < -0.4 is 0 Å². The molecule has 0 saturated heterocycles. The summed E-state index contributed by atoms with van der Waals surface area (Å²) < 4.78 is 0. The molecule has 0 atom stereocenters. The van der Waals surface area contributed by atoms with Gasteiger partial charge in [0.15, 0.2) is 0 Å². The maximum Gasteiger partial charge on any atom is 2.00 e. The van der Waals surface area contributed by atoms with Crippen LogP contribution >= 0.6 is 0 Å². The van der Waals surface area contributed by atoms with Gasteiger partial charge in [-0.25, -0.2) is 0 Å². The summed E-state index contributed by atoms with van der Waals surface area (Å²) in [5, 5.41) is 0. The topological polar surface area (TPSA) is 94.5 Å². The first-order chi connectivity index (χ1) is 0. The van der Waals surface area contributed by atoms with E-state index in [2.05, 4.69) is 0 Å². The minimum absolute atomic E-state index is 0. The van der Waals surface area contributed by atoms with Crippen molar-refractivity contribution < 1.29 is 42.6 Å². The first-order valence-corrected chi connectivity index (χ1v) is 0. The molecule has 0 heterocycles. The molecular formula is H6MgO3Zr+2. The maximum atomic E-state index is 0. The van der Waals surface area contributed by atoms with Crippen LogP contribution in [0, 0.1) is 0 Å². The molecule has 0 spiro atoms. The van der Waals surface area contributed by atoms with Crippen LogP contribution in [-0.2, 0) is 26.2 Å². The molecule has 0 bridgehead atoms. The van der Waals surface area contributed by atoms with Gasteiger partial charge in [0.2, 0.25) is 0 Å². The summed E-state index contributed by atoms with van der Waals surface area (Å²) in [5.41, 5.74) is 0. The van der Waals surface area contributed by atoms with Crippen LogP contribution in [0.25, 0.3) is 0 Å². The van der Waals surface area contributed by atoms with E-state index in [1.54, 1.807) is 0 Å². The first kappa shape index (κ1) is 85.4. The van der Waals surface area contributed by atoms with Gasteiger partial charge in [-0.05, 0) is 0 Å². The zero-order valence-corrected chi connectivity index (χ0v) is 6.58. The van der Waals surface area contributed by atoms with Crippen LogP contribution in [0.5, 0.6) is 0 Å². The van der Waals surface area contributed by atoms with Crippen molar-refractivity contribution in [1.29, 1.82) is 0 Å². The Morgan fingerprint density at radius 3 is 0.600 bits per heavy atom. The average molecular weight is 170 g/mol. The summed E-state index contributed by atoms with van der Waals surface area (Å²) >= 11 is 0. The molecule has 0 unspecified atom stereocenters. The fourth-order valence-electron chi connectivity index (χ4n) is 0. The van der Waals surface area contributed by atoms with E-state index in [0.717, 1.165) is 0 Å². The van der Waals surface area contributed by atoms with E-state index < -0.39 is 0 Å². The standard InChI is InChI=1S/Mg.3H2O.Zr/h;3*1H2;/q+2;;;;. The predicted octanol–water partition coefficient (Wildman–Crippen LogP) is -2.86. The zero-order valence-electron chi connectivity index (χ0n) is 2.71. The first-order valence-electron chi connectivity index (χ1n) is 0. The van der Waals surface area contributed by atoms with Crippen LogP contribution in [0.3, 0.4) is 0 Å². The van der Waals surface area contributed by atoms with Crippen LogP contribution in [0.2, 0.25) is 0 Å². The van der Waals surface area contributed by atoms with Gasteiger partial charge in [0, 0.05) is 26.2 Å². The van der Waals surface area contributed by atoms with Crippen LogP contribution in [0.1, 0.15) is 0 Å². The molecule has 0 radical (unpaired) electrons. The molecule has 6 N–H and O–H groups in total. The minimum Gasteiger partial charge on any atom is -0.412 e. The molecule has 0 aliphatic heterocycles. The number of rotatable bonds is 0. The third-order valence-corrected chi connectivity index (χ3v) is 0. The van der Waals surface area contributed by atoms with E-state index in [0.29, 0.717) is 0 Å². The maximum absolute atomic E-state index is 0. The average Bonchev–Trinajstić information content (AvgIpc) is 0. The summed E-state index contributed by atoms with van der Waals surface area (Å²) in [7, 11) is 0. The zero-order chi connectivity index (χ0) is 0. The minimum atomic E-state index is 0. The Labute approximate surface area is 65.3 Å². The quantitative estimate of drug-likeness (QED) is 0.349. The smallest absolute Gasteiger partial charge is 0.412 e. The molecule has 0 aliphatic carbocycles. The second-order valence-electron chi connectivity index (χ2n) is 0. The van der Waals surface area contributed by atoms with Gasteiger partial charge in [0.1, 0.15) is 0 Å². The molecule has 0 aliphatic rings. The van der Waals surface area contributed by atoms with Crippen molar-refractivity contribution in [2.75, 3.05) is 0 Å². The largest absolute Gasteiger partial charge is 2.00 e. The van der Waals surface area contributed by atoms with Crippen molar-refractivity contribution in [3.8, 4) is 0 Å². The monoisotopic (exact) mass is 168 g/mol. The molecule has 0 aromatic rings. The van der Waals surface area contributed by atoms with Gasteiger partial charge in [-0.15, -0.1) is 0 Å². The van der Waals surface area contributed by atoms with Crippen LogP contribution in [-0.4, -0.2) is 39.5 Å². The predicted molar refractivity (Wildman–Crippen MR) is 16.6 cm³/mol. The summed E-state index contributed by atoms with van der Waals surface area (Å²) in [6.45, 7) is 0. The third-order valence-electron chi connectivity index (χ3n) is 0. The van der Waals surface area contributed by atoms with Gasteiger partial charge < -0.3 is 16.4 Å². The second-order valence-corrected chi connectivity index (χ2v) is 0. The van der Waals surface area contributed by atoms with Gasteiger partial charge in [-0.2, -0.15) is 0 Å². The van der Waals surface area contributed by atoms with E-state index in [1.165, 1.54) is 0 Å². The SMILES string of the molecule is O.O.O.[Mg+2].[Zr]. The fourth-order valence-corrected chi connectivity index (χ4v) is 0. The Balaban J connectivity index is 0. The Bertz CT molecular complexity index is 6.85. The Morgan fingerprint density at radius 2 is 0.600 bits per heavy atom. The molecular weight excluding hydrogens is 164 g/mol. The van der Waals surface area contributed by atoms with Gasteiger partial charge in [-0.3, -0.25) is 0 Å². The molecule has 28 valence electrons. The Kier molecular flexibility index (Phi) is 828. The van der Waals surface area contributed by atoms with Crippen LogP contribution in [0.4, 0.5) is 0 Å². The molecule has 0 rings (SSSR count). The summed E-state index contributed by atoms with van der Waals surface area (Å²) in [5.74, 6) is 0. The molecule has 5 heavy (non-hydrogen) atoms. The van der Waals surface area contributed by atoms with Crippen molar-refractivity contribution in [1.82, 2.24) is 0 Å². The molecule has 5 heteroatoms. The van der Waals surface area contributed by atoms with Crippen molar-refractivity contribution in [2.24, 2.45) is 0 Å².